The van der Waals surface area contributed by atoms with E-state index in [9.17, 15) is 9.59 Å². The van der Waals surface area contributed by atoms with Crippen molar-refractivity contribution in [1.82, 2.24) is 9.80 Å². The predicted molar refractivity (Wildman–Crippen MR) is 285 cm³/mol. The monoisotopic (exact) mass is 961 g/mol. The van der Waals surface area contributed by atoms with Crippen molar-refractivity contribution in [2.24, 2.45) is 11.8 Å². The van der Waals surface area contributed by atoms with Crippen LogP contribution in [0.25, 0.3) is 0 Å². The van der Waals surface area contributed by atoms with E-state index in [2.05, 4.69) is 79.2 Å². The van der Waals surface area contributed by atoms with E-state index in [0.29, 0.717) is 57.5 Å². The molecule has 2 heterocycles. The third-order valence-electron chi connectivity index (χ3n) is 12.9. The van der Waals surface area contributed by atoms with Gasteiger partial charge in [0.1, 0.15) is 0 Å². The number of nitrogens with zero attached hydrogens (tertiary/aromatic N) is 2. The fraction of sp³-hybridized carbons (Fsp3) is 0.821. The smallest absolute Gasteiger partial charge is 0.305 e. The lowest BCUT2D eigenvalue weighted by molar-refractivity contribution is -0.159. The second-order valence-corrected chi connectivity index (χ2v) is 21.4. The number of carbonyl (C=O) groups excluding carboxylic acids is 2. The molecule has 2 fully saturated rings. The van der Waals surface area contributed by atoms with Crippen molar-refractivity contribution in [3.8, 4) is 0 Å². The van der Waals surface area contributed by atoms with E-state index in [1.54, 1.807) is 0 Å². The first-order valence-corrected chi connectivity index (χ1v) is 29.9. The molecule has 0 bridgehead atoms. The van der Waals surface area contributed by atoms with Crippen LogP contribution in [0.15, 0.2) is 48.6 Å². The highest BCUT2D eigenvalue weighted by Gasteiger charge is 2.21. The summed E-state index contributed by atoms with van der Waals surface area (Å²) in [5.41, 5.74) is 0. The van der Waals surface area contributed by atoms with Crippen molar-refractivity contribution >= 4 is 33.5 Å². The van der Waals surface area contributed by atoms with E-state index in [-0.39, 0.29) is 18.2 Å². The second kappa shape index (κ2) is 45.9. The summed E-state index contributed by atoms with van der Waals surface area (Å²) in [5.74, 6) is 3.53. The third-order valence-corrected chi connectivity index (χ3v) is 15.3. The maximum Gasteiger partial charge on any atom is 0.305 e. The summed E-state index contributed by atoms with van der Waals surface area (Å²) in [6.07, 6.45) is 47.8. The van der Waals surface area contributed by atoms with Crippen LogP contribution in [0, 0.1) is 11.8 Å². The Balaban J connectivity index is 1.40. The summed E-state index contributed by atoms with van der Waals surface area (Å²) in [4.78, 5) is 30.2. The minimum Gasteiger partial charge on any atom is -0.466 e. The van der Waals surface area contributed by atoms with Crippen LogP contribution in [0.4, 0.5) is 0 Å². The van der Waals surface area contributed by atoms with Gasteiger partial charge in [0.2, 0.25) is 0 Å². The molecule has 0 amide bonds. The first kappa shape index (κ1) is 60.6. The Morgan fingerprint density at radius 1 is 0.515 bits per heavy atom. The molecule has 0 aliphatic carbocycles. The van der Waals surface area contributed by atoms with Crippen LogP contribution < -0.4 is 0 Å². The molecular weight excluding hydrogens is 861 g/mol. The fourth-order valence-corrected chi connectivity index (χ4v) is 10.6. The Kier molecular flexibility index (Phi) is 42.1. The van der Waals surface area contributed by atoms with Gasteiger partial charge in [-0.15, -0.1) is 0 Å². The van der Waals surface area contributed by atoms with Gasteiger partial charge in [-0.25, -0.2) is 0 Å². The van der Waals surface area contributed by atoms with Crippen molar-refractivity contribution in [2.75, 3.05) is 77.2 Å². The number of ether oxygens (including phenoxy) is 4. The van der Waals surface area contributed by atoms with Crippen molar-refractivity contribution < 1.29 is 28.5 Å². The molecule has 8 nitrogen and oxygen atoms in total. The first-order chi connectivity index (χ1) is 32.5. The fourth-order valence-electron chi connectivity index (χ4n) is 8.53. The molecule has 0 atom stereocenters. The van der Waals surface area contributed by atoms with Crippen LogP contribution in [-0.2, 0) is 28.5 Å². The minimum absolute atomic E-state index is 0.00513. The van der Waals surface area contributed by atoms with Gasteiger partial charge in [0.25, 0.3) is 0 Å². The summed E-state index contributed by atoms with van der Waals surface area (Å²) in [6.45, 7) is 16.0. The summed E-state index contributed by atoms with van der Waals surface area (Å²) < 4.78 is 23.5. The van der Waals surface area contributed by atoms with E-state index in [0.717, 1.165) is 103 Å². The van der Waals surface area contributed by atoms with Crippen molar-refractivity contribution in [3.05, 3.63) is 48.6 Å². The van der Waals surface area contributed by atoms with Gasteiger partial charge in [-0.1, -0.05) is 123 Å². The van der Waals surface area contributed by atoms with E-state index in [1.807, 2.05) is 21.6 Å². The number of esters is 2. The number of piperidine rings is 2. The Hall–Kier alpha value is -1.56. The lowest BCUT2D eigenvalue weighted by atomic mass is 9.94. The molecule has 0 saturated carbocycles. The highest BCUT2D eigenvalue weighted by molar-refractivity contribution is 8.76. The van der Waals surface area contributed by atoms with Crippen LogP contribution in [0.3, 0.4) is 0 Å². The second-order valence-electron chi connectivity index (χ2n) is 18.7. The average Bonchev–Trinajstić information content (AvgIpc) is 3.33. The van der Waals surface area contributed by atoms with Crippen LogP contribution in [-0.4, -0.2) is 105 Å². The Labute approximate surface area is 414 Å². The van der Waals surface area contributed by atoms with Gasteiger partial charge in [-0.3, -0.25) is 9.59 Å². The number of hydrogen-bond donors (Lipinski definition) is 0. The lowest BCUT2D eigenvalue weighted by Crippen LogP contribution is -2.36. The molecular formula is C56H100N2O6S2. The number of carbonyl (C=O) groups is 2. The maximum absolute atomic E-state index is 12.7. The standard InChI is InChI=1S/C56H100N2O6S2/c1-4-7-10-13-16-17-18-19-20-21-22-23-24-25-28-31-54(59)61-48-38-52-34-40-57(41-35-52)44-50-65-66-51-45-58-42-36-53(37-43-58)39-49-62-55(60)32-33-56(63-46-29-26-14-11-8-5-2)64-47-30-27-15-12-9-6-3/h8-9,11-12,16-17,19-20,52-53,56H,4-7,10,13-15,18,21-51H2,1-3H3/b11-8-,12-9-,17-16-,20-19-. The first-order valence-electron chi connectivity index (χ1n) is 27.4. The molecule has 2 rings (SSSR count). The number of unbranched alkanes of at least 4 members (excludes halogenated alkanes) is 12. The van der Waals surface area contributed by atoms with E-state index in [4.69, 9.17) is 18.9 Å². The van der Waals surface area contributed by atoms with Crippen molar-refractivity contribution in [1.29, 1.82) is 0 Å². The van der Waals surface area contributed by atoms with Crippen LogP contribution in [0.2, 0.25) is 0 Å². The topological polar surface area (TPSA) is 77.5 Å². The molecule has 0 aromatic carbocycles. The number of allylic oxidation sites excluding steroid dienone is 8. The molecule has 0 aromatic rings. The third kappa shape index (κ3) is 37.3. The molecule has 382 valence electrons. The molecule has 2 aliphatic rings. The SMILES string of the molecule is CC/C=C\CCCCOC(CCC(=O)OCCC1CCN(CCSSCCN2CCC(CCOC(=O)CCCCCCC/C=C\C/C=C\CCCCC)CC2)CC1)OCCCC/C=C\CC. The molecule has 0 aromatic heterocycles. The zero-order valence-corrected chi connectivity index (χ0v) is 44.4. The van der Waals surface area contributed by atoms with Crippen LogP contribution >= 0.6 is 21.6 Å². The average molecular weight is 962 g/mol. The van der Waals surface area contributed by atoms with Crippen LogP contribution in [0.1, 0.15) is 201 Å². The lowest BCUT2D eigenvalue weighted by Gasteiger charge is -2.32. The molecule has 0 radical (unpaired) electrons. The minimum atomic E-state index is -0.341. The molecule has 2 aliphatic heterocycles. The number of rotatable bonds is 44. The predicted octanol–water partition coefficient (Wildman–Crippen LogP) is 14.9. The highest BCUT2D eigenvalue weighted by atomic mass is 33.1. The van der Waals surface area contributed by atoms with Gasteiger partial charge in [0.05, 0.1) is 19.6 Å². The van der Waals surface area contributed by atoms with Crippen molar-refractivity contribution in [3.63, 3.8) is 0 Å². The molecule has 0 unspecified atom stereocenters. The Morgan fingerprint density at radius 2 is 0.955 bits per heavy atom. The van der Waals surface area contributed by atoms with E-state index < -0.39 is 0 Å². The van der Waals surface area contributed by atoms with Gasteiger partial charge in [0, 0.05) is 50.7 Å². The molecule has 66 heavy (non-hydrogen) atoms. The normalized spacial score (nSPS) is 16.1. The summed E-state index contributed by atoms with van der Waals surface area (Å²) in [6, 6.07) is 0. The van der Waals surface area contributed by atoms with E-state index in [1.165, 1.54) is 108 Å². The summed E-state index contributed by atoms with van der Waals surface area (Å²) in [7, 11) is 4.05. The zero-order valence-electron chi connectivity index (χ0n) is 42.8. The quantitative estimate of drug-likeness (QED) is 0.0194. The molecule has 2 saturated heterocycles. The molecule has 0 spiro atoms. The number of hydrogen-bond acceptors (Lipinski definition) is 10. The van der Waals surface area contributed by atoms with Gasteiger partial charge in [-0.2, -0.15) is 0 Å². The van der Waals surface area contributed by atoms with Gasteiger partial charge < -0.3 is 28.7 Å². The Bertz CT molecular complexity index is 1210. The maximum atomic E-state index is 12.7. The molecule has 10 heteroatoms. The summed E-state index contributed by atoms with van der Waals surface area (Å²) in [5, 5.41) is 0. The van der Waals surface area contributed by atoms with Gasteiger partial charge in [0.15, 0.2) is 6.29 Å². The number of likely N-dealkylation sites (tertiary alicyclic amines) is 2. The highest BCUT2D eigenvalue weighted by Crippen LogP contribution is 2.26. The van der Waals surface area contributed by atoms with Gasteiger partial charge in [-0.05, 0) is 166 Å². The zero-order chi connectivity index (χ0) is 47.2. The largest absolute Gasteiger partial charge is 0.466 e. The van der Waals surface area contributed by atoms with Crippen LogP contribution in [0.5, 0.6) is 0 Å². The molecule has 0 N–H and O–H groups in total. The Morgan fingerprint density at radius 3 is 1.45 bits per heavy atom. The van der Waals surface area contributed by atoms with E-state index >= 15 is 0 Å². The van der Waals surface area contributed by atoms with Crippen molar-refractivity contribution in [2.45, 2.75) is 207 Å². The van der Waals surface area contributed by atoms with Gasteiger partial charge >= 0.3 is 11.9 Å². The summed E-state index contributed by atoms with van der Waals surface area (Å²) >= 11 is 0.